The van der Waals surface area contributed by atoms with Crippen LogP contribution in [0.25, 0.3) is 0 Å². The van der Waals surface area contributed by atoms with Gasteiger partial charge in [-0.3, -0.25) is 9.80 Å². The third-order valence-electron chi connectivity index (χ3n) is 5.93. The molecule has 3 atom stereocenters. The zero-order valence-corrected chi connectivity index (χ0v) is 13.0. The number of likely N-dealkylation sites (N-methyl/N-ethyl adjacent to an activating group) is 1. The average molecular weight is 281 g/mol. The molecule has 0 spiro atoms. The molecule has 0 bridgehead atoms. The maximum atomic E-state index is 6.27. The number of hydrogen-bond donors (Lipinski definition) is 1. The van der Waals surface area contributed by atoms with Crippen molar-refractivity contribution in [2.24, 2.45) is 5.73 Å². The largest absolute Gasteiger partial charge is 0.377 e. The lowest BCUT2D eigenvalue weighted by Gasteiger charge is -2.47. The van der Waals surface area contributed by atoms with E-state index in [1.807, 2.05) is 0 Å². The topological polar surface area (TPSA) is 41.7 Å². The molecule has 20 heavy (non-hydrogen) atoms. The Labute approximate surface area is 123 Å². The fraction of sp³-hybridized carbons (Fsp3) is 1.00. The van der Waals surface area contributed by atoms with E-state index in [-0.39, 0.29) is 5.54 Å². The van der Waals surface area contributed by atoms with Gasteiger partial charge in [0.15, 0.2) is 0 Å². The number of nitrogens with two attached hydrogens (primary N) is 1. The van der Waals surface area contributed by atoms with E-state index in [2.05, 4.69) is 16.8 Å². The summed E-state index contributed by atoms with van der Waals surface area (Å²) in [5.41, 5.74) is 6.47. The van der Waals surface area contributed by atoms with Gasteiger partial charge in [-0.25, -0.2) is 0 Å². The van der Waals surface area contributed by atoms with Crippen LogP contribution in [0.1, 0.15) is 44.9 Å². The van der Waals surface area contributed by atoms with E-state index >= 15 is 0 Å². The minimum atomic E-state index is 0.196. The van der Waals surface area contributed by atoms with Gasteiger partial charge in [-0.1, -0.05) is 6.42 Å². The molecule has 0 radical (unpaired) electrons. The van der Waals surface area contributed by atoms with Crippen LogP contribution in [0.5, 0.6) is 0 Å². The maximum absolute atomic E-state index is 6.27. The Morgan fingerprint density at radius 3 is 2.80 bits per heavy atom. The lowest BCUT2D eigenvalue weighted by atomic mass is 9.83. The predicted molar refractivity (Wildman–Crippen MR) is 81.8 cm³/mol. The maximum Gasteiger partial charge on any atom is 0.0702 e. The van der Waals surface area contributed by atoms with Crippen molar-refractivity contribution >= 4 is 0 Å². The highest BCUT2D eigenvalue weighted by Gasteiger charge is 2.49. The average Bonchev–Trinajstić information content (AvgIpc) is 2.88. The van der Waals surface area contributed by atoms with Crippen LogP contribution < -0.4 is 5.73 Å². The predicted octanol–water partition coefficient (Wildman–Crippen LogP) is 1.44. The summed E-state index contributed by atoms with van der Waals surface area (Å²) < 4.78 is 5.94. The number of rotatable bonds is 4. The Bertz CT molecular complexity index is 319. The second-order valence-electron chi connectivity index (χ2n) is 6.97. The highest BCUT2D eigenvalue weighted by atomic mass is 16.5. The monoisotopic (exact) mass is 281 g/mol. The molecule has 3 aliphatic heterocycles. The molecule has 0 aliphatic carbocycles. The second kappa shape index (κ2) is 6.30. The zero-order chi connectivity index (χ0) is 14.0. The SMILES string of the molecule is CN(CC1CCCCO1)C1(CN)CCN2CCCCC21. The van der Waals surface area contributed by atoms with Crippen LogP contribution in [0.3, 0.4) is 0 Å². The molecular formula is C16H31N3O. The number of nitrogens with zero attached hydrogens (tertiary/aromatic N) is 2. The third kappa shape index (κ3) is 2.63. The van der Waals surface area contributed by atoms with Gasteiger partial charge in [0.05, 0.1) is 6.10 Å². The van der Waals surface area contributed by atoms with E-state index in [0.29, 0.717) is 12.1 Å². The standard InChI is InChI=1S/C16H31N3O/c1-18(12-14-6-3-5-11-20-14)16(13-17)8-10-19-9-4-2-7-15(16)19/h14-15H,2-13,17H2,1H3. The van der Waals surface area contributed by atoms with Crippen LogP contribution in [-0.2, 0) is 4.74 Å². The number of ether oxygens (including phenoxy) is 1. The summed E-state index contributed by atoms with van der Waals surface area (Å²) in [6.45, 7) is 5.31. The molecule has 3 unspecified atom stereocenters. The molecule has 3 rings (SSSR count). The van der Waals surface area contributed by atoms with Crippen molar-refractivity contribution in [3.05, 3.63) is 0 Å². The summed E-state index contributed by atoms with van der Waals surface area (Å²) in [6.07, 6.45) is 9.50. The van der Waals surface area contributed by atoms with Crippen LogP contribution in [0, 0.1) is 0 Å². The molecule has 0 saturated carbocycles. The highest BCUT2D eigenvalue weighted by Crippen LogP contribution is 2.38. The first-order valence-corrected chi connectivity index (χ1v) is 8.53. The first-order valence-electron chi connectivity index (χ1n) is 8.53. The van der Waals surface area contributed by atoms with Gasteiger partial charge < -0.3 is 10.5 Å². The molecule has 0 aromatic rings. The van der Waals surface area contributed by atoms with E-state index < -0.39 is 0 Å². The Morgan fingerprint density at radius 1 is 1.20 bits per heavy atom. The molecule has 2 N–H and O–H groups in total. The van der Waals surface area contributed by atoms with E-state index in [0.717, 1.165) is 19.7 Å². The van der Waals surface area contributed by atoms with Gasteiger partial charge in [-0.2, -0.15) is 0 Å². The quantitative estimate of drug-likeness (QED) is 0.847. The van der Waals surface area contributed by atoms with Gasteiger partial charge in [-0.05, 0) is 52.1 Å². The Hall–Kier alpha value is -0.160. The third-order valence-corrected chi connectivity index (χ3v) is 5.93. The number of fused-ring (bicyclic) bond motifs is 1. The van der Waals surface area contributed by atoms with Crippen molar-refractivity contribution < 1.29 is 4.74 Å². The number of hydrogen-bond acceptors (Lipinski definition) is 4. The molecule has 0 aromatic carbocycles. The van der Waals surface area contributed by atoms with Crippen molar-refractivity contribution in [3.8, 4) is 0 Å². The smallest absolute Gasteiger partial charge is 0.0702 e. The van der Waals surface area contributed by atoms with Crippen molar-refractivity contribution in [3.63, 3.8) is 0 Å². The van der Waals surface area contributed by atoms with Crippen LogP contribution in [0.4, 0.5) is 0 Å². The Morgan fingerprint density at radius 2 is 2.05 bits per heavy atom. The molecule has 3 saturated heterocycles. The summed E-state index contributed by atoms with van der Waals surface area (Å²) in [5, 5.41) is 0. The summed E-state index contributed by atoms with van der Waals surface area (Å²) in [6, 6.07) is 0.676. The van der Waals surface area contributed by atoms with Crippen molar-refractivity contribution in [1.29, 1.82) is 0 Å². The molecular weight excluding hydrogens is 250 g/mol. The first kappa shape index (κ1) is 14.8. The van der Waals surface area contributed by atoms with E-state index in [1.54, 1.807) is 0 Å². The molecule has 3 fully saturated rings. The van der Waals surface area contributed by atoms with Crippen molar-refractivity contribution in [2.75, 3.05) is 39.8 Å². The lowest BCUT2D eigenvalue weighted by Crippen LogP contribution is -2.61. The fourth-order valence-corrected chi connectivity index (χ4v) is 4.65. The molecule has 0 aromatic heterocycles. The Balaban J connectivity index is 1.67. The molecule has 0 amide bonds. The van der Waals surface area contributed by atoms with Crippen LogP contribution in [0.15, 0.2) is 0 Å². The van der Waals surface area contributed by atoms with Crippen molar-refractivity contribution in [1.82, 2.24) is 9.80 Å². The summed E-state index contributed by atoms with van der Waals surface area (Å²) in [5.74, 6) is 0. The minimum Gasteiger partial charge on any atom is -0.377 e. The van der Waals surface area contributed by atoms with E-state index in [4.69, 9.17) is 10.5 Å². The van der Waals surface area contributed by atoms with Gasteiger partial charge in [0.2, 0.25) is 0 Å². The summed E-state index contributed by atoms with van der Waals surface area (Å²) in [7, 11) is 2.28. The van der Waals surface area contributed by atoms with Crippen LogP contribution in [0.2, 0.25) is 0 Å². The second-order valence-corrected chi connectivity index (χ2v) is 6.97. The van der Waals surface area contributed by atoms with Gasteiger partial charge in [0, 0.05) is 37.8 Å². The fourth-order valence-electron chi connectivity index (χ4n) is 4.65. The van der Waals surface area contributed by atoms with Gasteiger partial charge in [0.1, 0.15) is 0 Å². The molecule has 4 heteroatoms. The molecule has 3 heterocycles. The highest BCUT2D eigenvalue weighted by molar-refractivity contribution is 5.08. The zero-order valence-electron chi connectivity index (χ0n) is 13.0. The summed E-state index contributed by atoms with van der Waals surface area (Å²) >= 11 is 0. The van der Waals surface area contributed by atoms with Gasteiger partial charge in [-0.15, -0.1) is 0 Å². The first-order chi connectivity index (χ1) is 9.76. The van der Waals surface area contributed by atoms with Crippen LogP contribution in [-0.4, -0.2) is 67.3 Å². The van der Waals surface area contributed by atoms with Gasteiger partial charge >= 0.3 is 0 Å². The lowest BCUT2D eigenvalue weighted by molar-refractivity contribution is -0.0322. The normalized spacial score (nSPS) is 39.1. The van der Waals surface area contributed by atoms with Gasteiger partial charge in [0.25, 0.3) is 0 Å². The van der Waals surface area contributed by atoms with E-state index in [1.165, 1.54) is 58.0 Å². The minimum absolute atomic E-state index is 0.196. The Kier molecular flexibility index (Phi) is 4.65. The van der Waals surface area contributed by atoms with Crippen molar-refractivity contribution in [2.45, 2.75) is 62.6 Å². The molecule has 116 valence electrons. The molecule has 3 aliphatic rings. The number of piperidine rings is 1. The van der Waals surface area contributed by atoms with Crippen LogP contribution >= 0.6 is 0 Å². The molecule has 4 nitrogen and oxygen atoms in total. The van der Waals surface area contributed by atoms with E-state index in [9.17, 15) is 0 Å². The summed E-state index contributed by atoms with van der Waals surface area (Å²) in [4.78, 5) is 5.24.